The predicted molar refractivity (Wildman–Crippen MR) is 88.3 cm³/mol. The van der Waals surface area contributed by atoms with Crippen LogP contribution in [-0.4, -0.2) is 34.8 Å². The molecule has 1 amide bonds. The van der Waals surface area contributed by atoms with Crippen LogP contribution in [0.15, 0.2) is 53.5 Å². The maximum Gasteiger partial charge on any atom is 0.267 e. The van der Waals surface area contributed by atoms with E-state index in [9.17, 15) is 9.59 Å². The Morgan fingerprint density at radius 3 is 2.83 bits per heavy atom. The number of rotatable bonds is 5. The zero-order valence-corrected chi connectivity index (χ0v) is 12.9. The first-order valence-corrected chi connectivity index (χ1v) is 7.84. The van der Waals surface area contributed by atoms with Crippen molar-refractivity contribution < 1.29 is 4.79 Å². The average molecular weight is 312 g/mol. The summed E-state index contributed by atoms with van der Waals surface area (Å²) in [5, 5.41) is 6.81. The Kier molecular flexibility index (Phi) is 4.71. The molecular weight excluding hydrogens is 292 g/mol. The summed E-state index contributed by atoms with van der Waals surface area (Å²) in [6.45, 7) is 1.54. The van der Waals surface area contributed by atoms with Gasteiger partial charge in [0.25, 0.3) is 5.56 Å². The van der Waals surface area contributed by atoms with E-state index in [1.807, 2.05) is 18.2 Å². The van der Waals surface area contributed by atoms with E-state index >= 15 is 0 Å². The summed E-state index contributed by atoms with van der Waals surface area (Å²) in [7, 11) is 0. The van der Waals surface area contributed by atoms with Gasteiger partial charge in [-0.25, -0.2) is 4.68 Å². The zero-order chi connectivity index (χ0) is 16.1. The Morgan fingerprint density at radius 1 is 1.22 bits per heavy atom. The van der Waals surface area contributed by atoms with Crippen LogP contribution in [0.5, 0.6) is 0 Å². The SMILES string of the molecule is O=C(Cn1ncccc1=O)NC[C@@H]1CCCN1c1ccccc1. The van der Waals surface area contributed by atoms with Gasteiger partial charge in [-0.1, -0.05) is 18.2 Å². The van der Waals surface area contributed by atoms with E-state index in [0.29, 0.717) is 12.6 Å². The third-order valence-electron chi connectivity index (χ3n) is 4.08. The molecule has 1 saturated heterocycles. The maximum atomic E-state index is 12.0. The molecule has 3 rings (SSSR count). The van der Waals surface area contributed by atoms with Crippen LogP contribution in [0, 0.1) is 0 Å². The van der Waals surface area contributed by atoms with Crippen molar-refractivity contribution in [2.75, 3.05) is 18.0 Å². The minimum Gasteiger partial charge on any atom is -0.367 e. The number of benzene rings is 1. The highest BCUT2D eigenvalue weighted by Gasteiger charge is 2.24. The zero-order valence-electron chi connectivity index (χ0n) is 12.9. The summed E-state index contributed by atoms with van der Waals surface area (Å²) < 4.78 is 1.17. The molecule has 6 heteroatoms. The Balaban J connectivity index is 1.56. The van der Waals surface area contributed by atoms with Crippen LogP contribution in [0.1, 0.15) is 12.8 Å². The highest BCUT2D eigenvalue weighted by Crippen LogP contribution is 2.24. The summed E-state index contributed by atoms with van der Waals surface area (Å²) >= 11 is 0. The molecule has 120 valence electrons. The molecule has 1 aromatic heterocycles. The smallest absolute Gasteiger partial charge is 0.267 e. The van der Waals surface area contributed by atoms with E-state index in [-0.39, 0.29) is 18.0 Å². The molecule has 23 heavy (non-hydrogen) atoms. The second-order valence-corrected chi connectivity index (χ2v) is 5.65. The molecule has 1 aliphatic heterocycles. The van der Waals surface area contributed by atoms with Gasteiger partial charge >= 0.3 is 0 Å². The van der Waals surface area contributed by atoms with Crippen LogP contribution < -0.4 is 15.8 Å². The molecule has 0 aliphatic carbocycles. The van der Waals surface area contributed by atoms with E-state index in [0.717, 1.165) is 19.4 Å². The standard InChI is InChI=1S/C17H20N4O2/c22-16(13-21-17(23)9-4-10-19-21)18-12-15-8-5-11-20(15)14-6-2-1-3-7-14/h1-4,6-7,9-10,15H,5,8,11-13H2,(H,18,22)/t15-/m0/s1. The van der Waals surface area contributed by atoms with E-state index < -0.39 is 0 Å². The molecule has 0 radical (unpaired) electrons. The summed E-state index contributed by atoms with van der Waals surface area (Å²) in [6, 6.07) is 13.5. The Bertz CT molecular complexity index is 714. The van der Waals surface area contributed by atoms with Crippen molar-refractivity contribution >= 4 is 11.6 Å². The van der Waals surface area contributed by atoms with Crippen LogP contribution in [0.3, 0.4) is 0 Å². The fraction of sp³-hybridized carbons (Fsp3) is 0.353. The van der Waals surface area contributed by atoms with Crippen molar-refractivity contribution in [1.82, 2.24) is 15.1 Å². The molecule has 2 heterocycles. The minimum atomic E-state index is -0.269. The first-order valence-electron chi connectivity index (χ1n) is 7.84. The van der Waals surface area contributed by atoms with Gasteiger partial charge in [-0.05, 0) is 31.0 Å². The number of nitrogens with one attached hydrogen (secondary N) is 1. The number of carbonyl (C=O) groups is 1. The molecule has 1 atom stereocenters. The fourth-order valence-electron chi connectivity index (χ4n) is 2.94. The highest BCUT2D eigenvalue weighted by atomic mass is 16.2. The molecule has 1 fully saturated rings. The number of carbonyl (C=O) groups excluding carboxylic acids is 1. The van der Waals surface area contributed by atoms with Gasteiger partial charge in [-0.3, -0.25) is 9.59 Å². The molecule has 0 spiro atoms. The molecule has 0 bridgehead atoms. The maximum absolute atomic E-state index is 12.0. The van der Waals surface area contributed by atoms with Crippen molar-refractivity contribution in [2.45, 2.75) is 25.4 Å². The van der Waals surface area contributed by atoms with Gasteiger partial charge in [0.15, 0.2) is 0 Å². The average Bonchev–Trinajstić information content (AvgIpc) is 3.04. The van der Waals surface area contributed by atoms with Crippen molar-refractivity contribution in [3.05, 3.63) is 59.0 Å². The van der Waals surface area contributed by atoms with E-state index in [1.165, 1.54) is 22.6 Å². The first-order chi connectivity index (χ1) is 11.2. The van der Waals surface area contributed by atoms with Crippen molar-refractivity contribution in [1.29, 1.82) is 0 Å². The van der Waals surface area contributed by atoms with Crippen LogP contribution in [-0.2, 0) is 11.3 Å². The topological polar surface area (TPSA) is 67.2 Å². The monoisotopic (exact) mass is 312 g/mol. The van der Waals surface area contributed by atoms with Gasteiger partial charge in [0.1, 0.15) is 6.54 Å². The van der Waals surface area contributed by atoms with Crippen LogP contribution in [0.4, 0.5) is 5.69 Å². The van der Waals surface area contributed by atoms with Crippen molar-refractivity contribution in [2.24, 2.45) is 0 Å². The molecular formula is C17H20N4O2. The summed E-state index contributed by atoms with van der Waals surface area (Å²) in [4.78, 5) is 25.9. The summed E-state index contributed by atoms with van der Waals surface area (Å²) in [5.74, 6) is -0.189. The quantitative estimate of drug-likeness (QED) is 0.895. The molecule has 2 aromatic rings. The van der Waals surface area contributed by atoms with E-state index in [1.54, 1.807) is 6.07 Å². The third-order valence-corrected chi connectivity index (χ3v) is 4.08. The lowest BCUT2D eigenvalue weighted by Crippen LogP contribution is -2.42. The lowest BCUT2D eigenvalue weighted by Gasteiger charge is -2.27. The molecule has 1 N–H and O–H groups in total. The third kappa shape index (κ3) is 3.77. The number of hydrogen-bond acceptors (Lipinski definition) is 4. The second kappa shape index (κ2) is 7.09. The number of para-hydroxylation sites is 1. The first kappa shape index (κ1) is 15.3. The number of anilines is 1. The number of aromatic nitrogens is 2. The fourth-order valence-corrected chi connectivity index (χ4v) is 2.94. The number of nitrogens with zero attached hydrogens (tertiary/aromatic N) is 3. The van der Waals surface area contributed by atoms with Crippen LogP contribution >= 0.6 is 0 Å². The van der Waals surface area contributed by atoms with Crippen molar-refractivity contribution in [3.63, 3.8) is 0 Å². The normalized spacial score (nSPS) is 17.2. The van der Waals surface area contributed by atoms with Crippen LogP contribution in [0.25, 0.3) is 0 Å². The van der Waals surface area contributed by atoms with E-state index in [2.05, 4.69) is 27.4 Å². The Morgan fingerprint density at radius 2 is 2.04 bits per heavy atom. The minimum absolute atomic E-state index is 0.0439. The van der Waals surface area contributed by atoms with Crippen LogP contribution in [0.2, 0.25) is 0 Å². The van der Waals surface area contributed by atoms with Gasteiger partial charge in [0, 0.05) is 37.1 Å². The van der Waals surface area contributed by atoms with Gasteiger partial charge in [0.05, 0.1) is 0 Å². The second-order valence-electron chi connectivity index (χ2n) is 5.65. The van der Waals surface area contributed by atoms with Crippen molar-refractivity contribution in [3.8, 4) is 0 Å². The lowest BCUT2D eigenvalue weighted by molar-refractivity contribution is -0.121. The Labute approximate surface area is 134 Å². The molecule has 6 nitrogen and oxygen atoms in total. The summed E-state index contributed by atoms with van der Waals surface area (Å²) in [5.41, 5.74) is 0.916. The summed E-state index contributed by atoms with van der Waals surface area (Å²) in [6.07, 6.45) is 3.68. The largest absolute Gasteiger partial charge is 0.367 e. The highest BCUT2D eigenvalue weighted by molar-refractivity contribution is 5.75. The van der Waals surface area contributed by atoms with Gasteiger partial charge in [-0.15, -0.1) is 0 Å². The predicted octanol–water partition coefficient (Wildman–Crippen LogP) is 1.03. The molecule has 1 aromatic carbocycles. The lowest BCUT2D eigenvalue weighted by atomic mass is 10.2. The molecule has 0 saturated carbocycles. The van der Waals surface area contributed by atoms with E-state index in [4.69, 9.17) is 0 Å². The van der Waals surface area contributed by atoms with Gasteiger partial charge in [-0.2, -0.15) is 5.10 Å². The Hall–Kier alpha value is -2.63. The number of hydrogen-bond donors (Lipinski definition) is 1. The molecule has 1 aliphatic rings. The number of amides is 1. The van der Waals surface area contributed by atoms with Gasteiger partial charge in [0.2, 0.25) is 5.91 Å². The van der Waals surface area contributed by atoms with Gasteiger partial charge < -0.3 is 10.2 Å². The molecule has 0 unspecified atom stereocenters.